The molecule has 0 spiro atoms. The predicted octanol–water partition coefficient (Wildman–Crippen LogP) is 2.39. The molecule has 0 saturated carbocycles. The van der Waals surface area contributed by atoms with Gasteiger partial charge in [-0.2, -0.15) is 0 Å². The van der Waals surface area contributed by atoms with Crippen molar-refractivity contribution in [2.75, 3.05) is 13.7 Å². The molecule has 0 aliphatic rings. The molecule has 0 saturated heterocycles. The number of aromatic nitrogens is 2. The maximum Gasteiger partial charge on any atom is 0.269 e. The van der Waals surface area contributed by atoms with E-state index in [4.69, 9.17) is 4.74 Å². The zero-order valence-corrected chi connectivity index (χ0v) is 16.1. The molecule has 148 valence electrons. The van der Waals surface area contributed by atoms with Crippen molar-refractivity contribution in [3.63, 3.8) is 0 Å². The molecule has 7 heteroatoms. The van der Waals surface area contributed by atoms with Crippen molar-refractivity contribution < 1.29 is 14.3 Å². The smallest absolute Gasteiger partial charge is 0.269 e. The van der Waals surface area contributed by atoms with Gasteiger partial charge in [0.1, 0.15) is 11.4 Å². The quantitative estimate of drug-likeness (QED) is 0.616. The lowest BCUT2D eigenvalue weighted by molar-refractivity contribution is 0.0949. The van der Waals surface area contributed by atoms with E-state index in [0.29, 0.717) is 25.1 Å². The Balaban J connectivity index is 1.52. The molecule has 2 aromatic heterocycles. The first kappa shape index (κ1) is 20.0. The molecule has 29 heavy (non-hydrogen) atoms. The van der Waals surface area contributed by atoms with Crippen LogP contribution in [0.15, 0.2) is 67.1 Å². The first-order chi connectivity index (χ1) is 14.2. The highest BCUT2D eigenvalue weighted by molar-refractivity contribution is 5.98. The molecule has 0 unspecified atom stereocenters. The van der Waals surface area contributed by atoms with Gasteiger partial charge in [-0.3, -0.25) is 19.6 Å². The Bertz CT molecular complexity index is 959. The zero-order chi connectivity index (χ0) is 20.5. The van der Waals surface area contributed by atoms with Crippen LogP contribution < -0.4 is 15.4 Å². The van der Waals surface area contributed by atoms with E-state index in [1.54, 1.807) is 25.6 Å². The van der Waals surface area contributed by atoms with Crippen LogP contribution in [0.4, 0.5) is 0 Å². The molecule has 2 N–H and O–H groups in total. The summed E-state index contributed by atoms with van der Waals surface area (Å²) in [7, 11) is 1.62. The van der Waals surface area contributed by atoms with Gasteiger partial charge < -0.3 is 15.4 Å². The third-order valence-electron chi connectivity index (χ3n) is 4.32. The van der Waals surface area contributed by atoms with Crippen molar-refractivity contribution >= 4 is 11.8 Å². The van der Waals surface area contributed by atoms with Crippen LogP contribution in [0, 0.1) is 0 Å². The van der Waals surface area contributed by atoms with E-state index in [0.717, 1.165) is 16.9 Å². The van der Waals surface area contributed by atoms with Gasteiger partial charge in [0.2, 0.25) is 0 Å². The highest BCUT2D eigenvalue weighted by Gasteiger charge is 2.11. The third-order valence-corrected chi connectivity index (χ3v) is 4.32. The average molecular weight is 390 g/mol. The van der Waals surface area contributed by atoms with Gasteiger partial charge in [-0.1, -0.05) is 12.1 Å². The Morgan fingerprint density at radius 1 is 0.897 bits per heavy atom. The highest BCUT2D eigenvalue weighted by atomic mass is 16.5. The topological polar surface area (TPSA) is 93.2 Å². The van der Waals surface area contributed by atoms with Crippen LogP contribution in [0.3, 0.4) is 0 Å². The normalized spacial score (nSPS) is 10.2. The standard InChI is InChI=1S/C22H22N4O3/c1-29-19-4-2-16(3-5-19)8-12-25-22(28)20-14-18(9-13-24-20)21(27)26-15-17-6-10-23-11-7-17/h2-7,9-11,13-14H,8,12,15H2,1H3,(H,25,28)(H,26,27). The largest absolute Gasteiger partial charge is 0.497 e. The molecule has 0 bridgehead atoms. The molecule has 0 aliphatic carbocycles. The number of carbonyl (C=O) groups excluding carboxylic acids is 2. The molecule has 0 atom stereocenters. The van der Waals surface area contributed by atoms with Crippen LogP contribution in [0.2, 0.25) is 0 Å². The van der Waals surface area contributed by atoms with Gasteiger partial charge in [-0.05, 0) is 53.9 Å². The number of carbonyl (C=O) groups is 2. The van der Waals surface area contributed by atoms with E-state index in [1.165, 1.54) is 12.3 Å². The summed E-state index contributed by atoms with van der Waals surface area (Å²) in [4.78, 5) is 32.7. The molecule has 3 aromatic rings. The van der Waals surface area contributed by atoms with Crippen LogP contribution in [0.5, 0.6) is 5.75 Å². The number of ether oxygens (including phenoxy) is 1. The lowest BCUT2D eigenvalue weighted by Crippen LogP contribution is -2.27. The van der Waals surface area contributed by atoms with Crippen molar-refractivity contribution in [2.45, 2.75) is 13.0 Å². The number of pyridine rings is 2. The molecule has 2 amide bonds. The summed E-state index contributed by atoms with van der Waals surface area (Å²) in [5.41, 5.74) is 2.62. The number of hydrogen-bond donors (Lipinski definition) is 2. The Kier molecular flexibility index (Phi) is 6.89. The second kappa shape index (κ2) is 9.98. The first-order valence-electron chi connectivity index (χ1n) is 9.20. The molecular weight excluding hydrogens is 368 g/mol. The van der Waals surface area contributed by atoms with Gasteiger partial charge >= 0.3 is 0 Å². The maximum atomic E-state index is 12.4. The van der Waals surface area contributed by atoms with E-state index >= 15 is 0 Å². The average Bonchev–Trinajstić information content (AvgIpc) is 2.78. The minimum atomic E-state index is -0.317. The number of nitrogens with one attached hydrogen (secondary N) is 2. The second-order valence-electron chi connectivity index (χ2n) is 6.32. The number of rotatable bonds is 8. The number of nitrogens with zero attached hydrogens (tertiary/aromatic N) is 2. The minimum Gasteiger partial charge on any atom is -0.497 e. The summed E-state index contributed by atoms with van der Waals surface area (Å²) >= 11 is 0. The van der Waals surface area contributed by atoms with Gasteiger partial charge in [0.15, 0.2) is 0 Å². The van der Waals surface area contributed by atoms with E-state index in [1.807, 2.05) is 36.4 Å². The van der Waals surface area contributed by atoms with Crippen LogP contribution in [-0.4, -0.2) is 35.4 Å². The molecule has 2 heterocycles. The summed E-state index contributed by atoms with van der Waals surface area (Å²) in [5, 5.41) is 5.65. The Labute approximate surface area is 169 Å². The summed E-state index contributed by atoms with van der Waals surface area (Å²) in [6.07, 6.45) is 5.48. The summed E-state index contributed by atoms with van der Waals surface area (Å²) in [5.74, 6) is 0.208. The molecular formula is C22H22N4O3. The molecule has 1 aromatic carbocycles. The molecule has 0 fully saturated rings. The van der Waals surface area contributed by atoms with E-state index in [2.05, 4.69) is 20.6 Å². The van der Waals surface area contributed by atoms with Crippen molar-refractivity contribution in [3.8, 4) is 5.75 Å². The fourth-order valence-corrected chi connectivity index (χ4v) is 2.68. The summed E-state index contributed by atoms with van der Waals surface area (Å²) in [6, 6.07) is 14.4. The van der Waals surface area contributed by atoms with Gasteiger partial charge in [-0.25, -0.2) is 0 Å². The van der Waals surface area contributed by atoms with Crippen LogP contribution in [0.25, 0.3) is 0 Å². The third kappa shape index (κ3) is 5.87. The first-order valence-corrected chi connectivity index (χ1v) is 9.20. The second-order valence-corrected chi connectivity index (χ2v) is 6.32. The monoisotopic (exact) mass is 390 g/mol. The molecule has 7 nitrogen and oxygen atoms in total. The SMILES string of the molecule is COc1ccc(CCNC(=O)c2cc(C(=O)NCc3ccncc3)ccn2)cc1. The fourth-order valence-electron chi connectivity index (χ4n) is 2.68. The molecule has 0 radical (unpaired) electrons. The zero-order valence-electron chi connectivity index (χ0n) is 16.1. The van der Waals surface area contributed by atoms with Crippen LogP contribution in [0.1, 0.15) is 32.0 Å². The molecule has 0 aliphatic heterocycles. The molecule has 3 rings (SSSR count). The van der Waals surface area contributed by atoms with Gasteiger partial charge in [-0.15, -0.1) is 0 Å². The van der Waals surface area contributed by atoms with Crippen molar-refractivity contribution in [1.82, 2.24) is 20.6 Å². The lowest BCUT2D eigenvalue weighted by Gasteiger charge is -2.08. The summed E-state index contributed by atoms with van der Waals surface area (Å²) < 4.78 is 5.13. The number of hydrogen-bond acceptors (Lipinski definition) is 5. The number of amides is 2. The Morgan fingerprint density at radius 2 is 1.66 bits per heavy atom. The van der Waals surface area contributed by atoms with Crippen molar-refractivity contribution in [1.29, 1.82) is 0 Å². The van der Waals surface area contributed by atoms with E-state index < -0.39 is 0 Å². The fraction of sp³-hybridized carbons (Fsp3) is 0.182. The Morgan fingerprint density at radius 3 is 2.38 bits per heavy atom. The van der Waals surface area contributed by atoms with E-state index in [-0.39, 0.29) is 17.5 Å². The van der Waals surface area contributed by atoms with Gasteiger partial charge in [0.25, 0.3) is 11.8 Å². The van der Waals surface area contributed by atoms with Crippen molar-refractivity contribution in [2.24, 2.45) is 0 Å². The highest BCUT2D eigenvalue weighted by Crippen LogP contribution is 2.11. The predicted molar refractivity (Wildman–Crippen MR) is 109 cm³/mol. The van der Waals surface area contributed by atoms with Crippen LogP contribution in [-0.2, 0) is 13.0 Å². The van der Waals surface area contributed by atoms with E-state index in [9.17, 15) is 9.59 Å². The van der Waals surface area contributed by atoms with Crippen molar-refractivity contribution in [3.05, 3.63) is 89.5 Å². The number of benzene rings is 1. The maximum absolute atomic E-state index is 12.4. The van der Waals surface area contributed by atoms with Crippen LogP contribution >= 0.6 is 0 Å². The minimum absolute atomic E-state index is 0.205. The number of methoxy groups -OCH3 is 1. The van der Waals surface area contributed by atoms with Gasteiger partial charge in [0.05, 0.1) is 7.11 Å². The van der Waals surface area contributed by atoms with Gasteiger partial charge in [0, 0.05) is 37.2 Å². The Hall–Kier alpha value is -3.74. The summed E-state index contributed by atoms with van der Waals surface area (Å²) in [6.45, 7) is 0.846. The lowest BCUT2D eigenvalue weighted by atomic mass is 10.1.